The summed E-state index contributed by atoms with van der Waals surface area (Å²) in [5, 5.41) is 19.7. The van der Waals surface area contributed by atoms with Gasteiger partial charge in [0.1, 0.15) is 6.61 Å². The van der Waals surface area contributed by atoms with E-state index in [1.54, 1.807) is 36.4 Å². The van der Waals surface area contributed by atoms with E-state index >= 15 is 0 Å². The summed E-state index contributed by atoms with van der Waals surface area (Å²) in [6.07, 6.45) is 0. The monoisotopic (exact) mass is 302 g/mol. The van der Waals surface area contributed by atoms with Crippen molar-refractivity contribution < 1.29 is 9.66 Å². The number of hydrogen-bond acceptors (Lipinski definition) is 4. The highest BCUT2D eigenvalue weighted by atomic mass is 35.5. The number of alkyl halides is 1. The van der Waals surface area contributed by atoms with Gasteiger partial charge in [-0.3, -0.25) is 10.1 Å². The zero-order chi connectivity index (χ0) is 15.2. The van der Waals surface area contributed by atoms with Crippen LogP contribution in [0, 0.1) is 21.4 Å². The van der Waals surface area contributed by atoms with Crippen molar-refractivity contribution in [2.75, 3.05) is 0 Å². The van der Waals surface area contributed by atoms with Gasteiger partial charge in [-0.05, 0) is 29.3 Å². The highest BCUT2D eigenvalue weighted by Crippen LogP contribution is 2.29. The molecule has 0 aromatic heterocycles. The lowest BCUT2D eigenvalue weighted by atomic mass is 10.1. The Bertz CT molecular complexity index is 693. The molecule has 2 aromatic rings. The maximum absolute atomic E-state index is 11.0. The normalized spacial score (nSPS) is 9.90. The van der Waals surface area contributed by atoms with Crippen LogP contribution < -0.4 is 4.74 Å². The molecule has 0 heterocycles. The van der Waals surface area contributed by atoms with Crippen LogP contribution in [0.5, 0.6) is 5.75 Å². The summed E-state index contributed by atoms with van der Waals surface area (Å²) in [5.74, 6) is 0.398. The molecule has 0 aliphatic heterocycles. The fraction of sp³-hybridized carbons (Fsp3) is 0.133. The molecule has 0 unspecified atom stereocenters. The predicted molar refractivity (Wildman–Crippen MR) is 78.1 cm³/mol. The summed E-state index contributed by atoms with van der Waals surface area (Å²) < 4.78 is 5.49. The molecule has 0 fully saturated rings. The van der Waals surface area contributed by atoms with Crippen molar-refractivity contribution in [3.63, 3.8) is 0 Å². The SMILES string of the molecule is N#Cc1ccc(COc2ccc(CCl)cc2[N+](=O)[O-])cc1. The lowest BCUT2D eigenvalue weighted by Crippen LogP contribution is -2.00. The number of rotatable bonds is 5. The standard InChI is InChI=1S/C15H11ClN2O3/c16-8-13-5-6-15(14(7-13)18(19)20)21-10-12-3-1-11(9-17)2-4-12/h1-7H,8,10H2. The van der Waals surface area contributed by atoms with Crippen molar-refractivity contribution in [1.29, 1.82) is 5.26 Å². The molecular weight excluding hydrogens is 292 g/mol. The van der Waals surface area contributed by atoms with E-state index in [-0.39, 0.29) is 23.9 Å². The van der Waals surface area contributed by atoms with Gasteiger partial charge in [-0.2, -0.15) is 5.26 Å². The summed E-state index contributed by atoms with van der Waals surface area (Å²) in [6, 6.07) is 13.5. The number of nitriles is 1. The molecule has 0 saturated heterocycles. The number of nitro benzene ring substituents is 1. The molecule has 6 heteroatoms. The van der Waals surface area contributed by atoms with Crippen molar-refractivity contribution >= 4 is 17.3 Å². The molecular formula is C15H11ClN2O3. The average Bonchev–Trinajstić information content (AvgIpc) is 2.53. The van der Waals surface area contributed by atoms with Gasteiger partial charge >= 0.3 is 5.69 Å². The molecule has 0 radical (unpaired) electrons. The second kappa shape index (κ2) is 6.73. The largest absolute Gasteiger partial charge is 0.482 e. The molecule has 106 valence electrons. The second-order valence-corrected chi connectivity index (χ2v) is 4.56. The summed E-state index contributed by atoms with van der Waals surface area (Å²) in [5.41, 5.74) is 1.93. The fourth-order valence-corrected chi connectivity index (χ4v) is 1.91. The van der Waals surface area contributed by atoms with Crippen LogP contribution in [0.1, 0.15) is 16.7 Å². The Labute approximate surface area is 126 Å². The zero-order valence-corrected chi connectivity index (χ0v) is 11.7. The second-order valence-electron chi connectivity index (χ2n) is 4.29. The average molecular weight is 303 g/mol. The third-order valence-electron chi connectivity index (χ3n) is 2.85. The Balaban J connectivity index is 2.15. The maximum Gasteiger partial charge on any atom is 0.311 e. The first-order valence-corrected chi connectivity index (χ1v) is 6.62. The van der Waals surface area contributed by atoms with Gasteiger partial charge in [-0.1, -0.05) is 18.2 Å². The summed E-state index contributed by atoms with van der Waals surface area (Å²) in [6.45, 7) is 0.187. The Morgan fingerprint density at radius 2 is 1.86 bits per heavy atom. The number of hydrogen-bond donors (Lipinski definition) is 0. The minimum absolute atomic E-state index is 0.109. The van der Waals surface area contributed by atoms with Gasteiger partial charge < -0.3 is 4.74 Å². The first-order chi connectivity index (χ1) is 10.1. The minimum atomic E-state index is -0.496. The van der Waals surface area contributed by atoms with Crippen LogP contribution in [0.3, 0.4) is 0 Å². The van der Waals surface area contributed by atoms with Crippen LogP contribution in [0.25, 0.3) is 0 Å². The quantitative estimate of drug-likeness (QED) is 0.478. The van der Waals surface area contributed by atoms with Gasteiger partial charge in [0.25, 0.3) is 0 Å². The van der Waals surface area contributed by atoms with E-state index in [9.17, 15) is 10.1 Å². The summed E-state index contributed by atoms with van der Waals surface area (Å²) >= 11 is 5.67. The van der Waals surface area contributed by atoms with E-state index in [2.05, 4.69) is 0 Å². The Morgan fingerprint density at radius 1 is 1.19 bits per heavy atom. The van der Waals surface area contributed by atoms with Crippen molar-refractivity contribution in [3.05, 3.63) is 69.3 Å². The zero-order valence-electron chi connectivity index (χ0n) is 11.0. The molecule has 2 rings (SSSR count). The maximum atomic E-state index is 11.0. The number of halogens is 1. The first-order valence-electron chi connectivity index (χ1n) is 6.09. The van der Waals surface area contributed by atoms with E-state index in [1.165, 1.54) is 6.07 Å². The predicted octanol–water partition coefficient (Wildman–Crippen LogP) is 3.78. The topological polar surface area (TPSA) is 76.2 Å². The van der Waals surface area contributed by atoms with E-state index in [1.807, 2.05) is 6.07 Å². The molecule has 0 aliphatic rings. The number of benzene rings is 2. The molecule has 0 aliphatic carbocycles. The van der Waals surface area contributed by atoms with Crippen molar-refractivity contribution in [1.82, 2.24) is 0 Å². The van der Waals surface area contributed by atoms with Gasteiger partial charge in [0.05, 0.1) is 16.6 Å². The van der Waals surface area contributed by atoms with Gasteiger partial charge in [0.2, 0.25) is 0 Å². The molecule has 2 aromatic carbocycles. The van der Waals surface area contributed by atoms with Crippen LogP contribution in [-0.2, 0) is 12.5 Å². The highest BCUT2D eigenvalue weighted by Gasteiger charge is 2.15. The number of ether oxygens (including phenoxy) is 1. The van der Waals surface area contributed by atoms with E-state index < -0.39 is 4.92 Å². The minimum Gasteiger partial charge on any atom is -0.482 e. The number of nitrogens with zero attached hydrogens (tertiary/aromatic N) is 2. The third-order valence-corrected chi connectivity index (χ3v) is 3.16. The van der Waals surface area contributed by atoms with Crippen molar-refractivity contribution in [2.24, 2.45) is 0 Å². The van der Waals surface area contributed by atoms with Gasteiger partial charge in [-0.25, -0.2) is 0 Å². The van der Waals surface area contributed by atoms with Gasteiger partial charge in [0, 0.05) is 11.9 Å². The third kappa shape index (κ3) is 3.71. The van der Waals surface area contributed by atoms with Gasteiger partial charge in [0.15, 0.2) is 5.75 Å². The van der Waals surface area contributed by atoms with Crippen LogP contribution in [-0.4, -0.2) is 4.92 Å². The lowest BCUT2D eigenvalue weighted by Gasteiger charge is -2.08. The molecule has 0 spiro atoms. The molecule has 0 bridgehead atoms. The van der Waals surface area contributed by atoms with Crippen LogP contribution >= 0.6 is 11.6 Å². The summed E-state index contributed by atoms with van der Waals surface area (Å²) in [4.78, 5) is 10.5. The van der Waals surface area contributed by atoms with Crippen LogP contribution in [0.4, 0.5) is 5.69 Å². The van der Waals surface area contributed by atoms with Crippen LogP contribution in [0.15, 0.2) is 42.5 Å². The lowest BCUT2D eigenvalue weighted by molar-refractivity contribution is -0.386. The van der Waals surface area contributed by atoms with E-state index in [4.69, 9.17) is 21.6 Å². The fourth-order valence-electron chi connectivity index (χ4n) is 1.75. The van der Waals surface area contributed by atoms with Crippen LogP contribution in [0.2, 0.25) is 0 Å². The summed E-state index contributed by atoms with van der Waals surface area (Å²) in [7, 11) is 0. The van der Waals surface area contributed by atoms with Gasteiger partial charge in [-0.15, -0.1) is 11.6 Å². The molecule has 21 heavy (non-hydrogen) atoms. The van der Waals surface area contributed by atoms with E-state index in [0.717, 1.165) is 5.56 Å². The molecule has 0 saturated carbocycles. The van der Waals surface area contributed by atoms with E-state index in [0.29, 0.717) is 11.1 Å². The molecule has 0 amide bonds. The molecule has 0 atom stereocenters. The Hall–Kier alpha value is -2.58. The highest BCUT2D eigenvalue weighted by molar-refractivity contribution is 6.17. The smallest absolute Gasteiger partial charge is 0.311 e. The first kappa shape index (κ1) is 14.8. The Morgan fingerprint density at radius 3 is 2.43 bits per heavy atom. The van der Waals surface area contributed by atoms with Crippen molar-refractivity contribution in [2.45, 2.75) is 12.5 Å². The molecule has 0 N–H and O–H groups in total. The number of nitro groups is 1. The molecule has 5 nitrogen and oxygen atoms in total. The Kier molecular flexibility index (Phi) is 4.75. The van der Waals surface area contributed by atoms with Crippen molar-refractivity contribution in [3.8, 4) is 11.8 Å².